The number of hydrogen-bond donors (Lipinski definition) is 0. The minimum absolute atomic E-state index is 0. The molecule has 60 valence electrons. The maximum absolute atomic E-state index is 4.12. The van der Waals surface area contributed by atoms with Gasteiger partial charge >= 0.3 is 58.2 Å². The number of hydrogen-bond acceptors (Lipinski definition) is 1. The minimum Gasteiger partial charge on any atom is -0.665 e. The summed E-state index contributed by atoms with van der Waals surface area (Å²) in [6, 6.07) is 0.730. The van der Waals surface area contributed by atoms with Gasteiger partial charge in [-0.25, -0.2) is 0 Å². The fourth-order valence-electron chi connectivity index (χ4n) is 1.41. The molecule has 0 aromatic carbocycles. The Morgan fingerprint density at radius 1 is 1.45 bits per heavy atom. The van der Waals surface area contributed by atoms with Crippen LogP contribution in [0.2, 0.25) is 0 Å². The summed E-state index contributed by atoms with van der Waals surface area (Å²) in [4.78, 5) is 2.48. The molecule has 0 bridgehead atoms. The molecule has 0 aromatic rings. The molecule has 0 spiro atoms. The predicted molar refractivity (Wildman–Crippen MR) is 44.3 cm³/mol. The zero-order valence-electron chi connectivity index (χ0n) is 8.17. The summed E-state index contributed by atoms with van der Waals surface area (Å²) in [5.74, 6) is 0.854. The van der Waals surface area contributed by atoms with E-state index in [1.54, 1.807) is 0 Å². The van der Waals surface area contributed by atoms with Gasteiger partial charge < -0.3 is 10.2 Å². The van der Waals surface area contributed by atoms with Gasteiger partial charge in [0.15, 0.2) is 0 Å². The first-order valence-corrected chi connectivity index (χ1v) is 4.03. The van der Waals surface area contributed by atoms with Crippen LogP contribution < -0.4 is 58.2 Å². The van der Waals surface area contributed by atoms with Crippen LogP contribution in [0.3, 0.4) is 0 Å². The SMILES string of the molecule is C[N-]CC1CN(C(C)C)C1.[Rb+]. The summed E-state index contributed by atoms with van der Waals surface area (Å²) in [6.07, 6.45) is 0. The van der Waals surface area contributed by atoms with Crippen LogP contribution in [0.4, 0.5) is 0 Å². The summed E-state index contributed by atoms with van der Waals surface area (Å²) >= 11 is 0. The molecular weight excluding hydrogens is 210 g/mol. The topological polar surface area (TPSA) is 17.3 Å². The number of nitrogens with zero attached hydrogens (tertiary/aromatic N) is 2. The molecule has 1 aliphatic heterocycles. The Bertz CT molecular complexity index is 100. The van der Waals surface area contributed by atoms with E-state index in [0.29, 0.717) is 0 Å². The van der Waals surface area contributed by atoms with Crippen LogP contribution >= 0.6 is 0 Å². The first-order valence-electron chi connectivity index (χ1n) is 4.03. The normalized spacial score (nSPS) is 19.6. The molecule has 0 aromatic heterocycles. The van der Waals surface area contributed by atoms with Gasteiger partial charge in [0.1, 0.15) is 0 Å². The molecule has 3 heteroatoms. The van der Waals surface area contributed by atoms with Gasteiger partial charge in [-0.15, -0.1) is 6.54 Å². The molecule has 0 N–H and O–H groups in total. The van der Waals surface area contributed by atoms with Crippen LogP contribution in [0, 0.1) is 5.92 Å². The second-order valence-corrected chi connectivity index (χ2v) is 3.41. The van der Waals surface area contributed by atoms with Crippen molar-refractivity contribution in [1.82, 2.24) is 4.90 Å². The summed E-state index contributed by atoms with van der Waals surface area (Å²) < 4.78 is 0. The average molecular weight is 227 g/mol. The molecule has 0 saturated carbocycles. The molecule has 1 heterocycles. The first-order chi connectivity index (χ1) is 4.74. The van der Waals surface area contributed by atoms with Crippen molar-refractivity contribution in [2.24, 2.45) is 5.92 Å². The average Bonchev–Trinajstić information content (AvgIpc) is 1.76. The van der Waals surface area contributed by atoms with E-state index >= 15 is 0 Å². The third-order valence-electron chi connectivity index (χ3n) is 2.16. The fourth-order valence-corrected chi connectivity index (χ4v) is 1.41. The van der Waals surface area contributed by atoms with Crippen molar-refractivity contribution in [2.75, 3.05) is 26.7 Å². The molecule has 1 rings (SSSR count). The van der Waals surface area contributed by atoms with Gasteiger partial charge in [-0.2, -0.15) is 7.05 Å². The summed E-state index contributed by atoms with van der Waals surface area (Å²) in [5.41, 5.74) is 0. The molecule has 0 unspecified atom stereocenters. The van der Waals surface area contributed by atoms with E-state index in [0.717, 1.165) is 18.5 Å². The fraction of sp³-hybridized carbons (Fsp3) is 1.00. The smallest absolute Gasteiger partial charge is 0.665 e. The summed E-state index contributed by atoms with van der Waals surface area (Å²) in [5, 5.41) is 4.12. The number of rotatable bonds is 3. The Labute approximate surface area is 119 Å². The largest absolute Gasteiger partial charge is 1.00 e. The third kappa shape index (κ3) is 3.96. The zero-order chi connectivity index (χ0) is 7.56. The van der Waals surface area contributed by atoms with Crippen molar-refractivity contribution in [3.05, 3.63) is 5.32 Å². The predicted octanol–water partition coefficient (Wildman–Crippen LogP) is -1.67. The molecule has 0 atom stereocenters. The maximum atomic E-state index is 4.12. The van der Waals surface area contributed by atoms with Gasteiger partial charge in [0, 0.05) is 19.1 Å². The van der Waals surface area contributed by atoms with E-state index < -0.39 is 0 Å². The standard InChI is InChI=1S/C8H17N2.Rb/c1-7(2)10-5-8(6-10)4-9-3;/h7-8H,4-6H2,1-3H3;/q-1;+1. The van der Waals surface area contributed by atoms with Crippen molar-refractivity contribution in [1.29, 1.82) is 0 Å². The van der Waals surface area contributed by atoms with Crippen molar-refractivity contribution in [2.45, 2.75) is 19.9 Å². The summed E-state index contributed by atoms with van der Waals surface area (Å²) in [6.45, 7) is 8.08. The van der Waals surface area contributed by atoms with Crippen molar-refractivity contribution < 1.29 is 58.2 Å². The van der Waals surface area contributed by atoms with Crippen LogP contribution in [-0.4, -0.2) is 37.6 Å². The molecular formula is C8H17N2Rb. The maximum Gasteiger partial charge on any atom is 1.00 e. The Morgan fingerprint density at radius 2 is 2.00 bits per heavy atom. The van der Waals surface area contributed by atoms with Crippen LogP contribution in [0.15, 0.2) is 0 Å². The van der Waals surface area contributed by atoms with E-state index in [4.69, 9.17) is 0 Å². The molecule has 1 saturated heterocycles. The quantitative estimate of drug-likeness (QED) is 0.563. The van der Waals surface area contributed by atoms with Crippen LogP contribution in [0.5, 0.6) is 0 Å². The Hall–Kier alpha value is 1.73. The van der Waals surface area contributed by atoms with E-state index in [-0.39, 0.29) is 58.2 Å². The summed E-state index contributed by atoms with van der Waals surface area (Å²) in [7, 11) is 1.90. The van der Waals surface area contributed by atoms with E-state index in [9.17, 15) is 0 Å². The Balaban J connectivity index is 0.000001000. The number of likely N-dealkylation sites (tertiary alicyclic amines) is 1. The van der Waals surface area contributed by atoms with Gasteiger partial charge in [-0.05, 0) is 19.8 Å². The molecule has 0 radical (unpaired) electrons. The first kappa shape index (κ1) is 12.7. The van der Waals surface area contributed by atoms with Crippen LogP contribution in [-0.2, 0) is 0 Å². The van der Waals surface area contributed by atoms with Crippen LogP contribution in [0.1, 0.15) is 13.8 Å². The van der Waals surface area contributed by atoms with Crippen LogP contribution in [0.25, 0.3) is 5.32 Å². The minimum atomic E-state index is 0. The van der Waals surface area contributed by atoms with Gasteiger partial charge in [0.05, 0.1) is 0 Å². The van der Waals surface area contributed by atoms with E-state index in [2.05, 4.69) is 24.1 Å². The van der Waals surface area contributed by atoms with E-state index in [1.807, 2.05) is 7.05 Å². The third-order valence-corrected chi connectivity index (χ3v) is 2.16. The zero-order valence-corrected chi connectivity index (χ0v) is 13.1. The molecule has 0 aliphatic carbocycles. The van der Waals surface area contributed by atoms with Crippen molar-refractivity contribution >= 4 is 0 Å². The molecule has 0 amide bonds. The monoisotopic (exact) mass is 226 g/mol. The second kappa shape index (κ2) is 6.22. The van der Waals surface area contributed by atoms with Crippen molar-refractivity contribution in [3.8, 4) is 0 Å². The van der Waals surface area contributed by atoms with Crippen molar-refractivity contribution in [3.63, 3.8) is 0 Å². The molecule has 1 aliphatic rings. The molecule has 1 fully saturated rings. The Kier molecular flexibility index (Phi) is 7.20. The molecule has 2 nitrogen and oxygen atoms in total. The van der Waals surface area contributed by atoms with Gasteiger partial charge in [-0.1, -0.05) is 0 Å². The Morgan fingerprint density at radius 3 is 2.36 bits per heavy atom. The van der Waals surface area contributed by atoms with Gasteiger partial charge in [0.25, 0.3) is 0 Å². The molecule has 11 heavy (non-hydrogen) atoms. The van der Waals surface area contributed by atoms with Gasteiger partial charge in [0.2, 0.25) is 0 Å². The van der Waals surface area contributed by atoms with E-state index in [1.165, 1.54) is 13.1 Å². The second-order valence-electron chi connectivity index (χ2n) is 3.41. The van der Waals surface area contributed by atoms with Gasteiger partial charge in [-0.3, -0.25) is 0 Å².